The van der Waals surface area contributed by atoms with E-state index in [1.165, 1.54) is 0 Å². The second-order valence-corrected chi connectivity index (χ2v) is 6.43. The van der Waals surface area contributed by atoms with Crippen LogP contribution in [0.4, 0.5) is 0 Å². The number of hydrogen-bond donors (Lipinski definition) is 1. The van der Waals surface area contributed by atoms with Gasteiger partial charge in [0.1, 0.15) is 5.75 Å². The molecule has 1 aromatic heterocycles. The first kappa shape index (κ1) is 18.6. The smallest absolute Gasteiger partial charge is 0.261 e. The molecule has 0 fully saturated rings. The number of rotatable bonds is 7. The van der Waals surface area contributed by atoms with Gasteiger partial charge in [-0.25, -0.2) is 0 Å². The number of aromatic nitrogens is 2. The minimum absolute atomic E-state index is 0.158. The van der Waals surface area contributed by atoms with Crippen molar-refractivity contribution in [3.8, 4) is 17.1 Å². The quantitative estimate of drug-likeness (QED) is 0.688. The number of hydrogen-bond acceptors (Lipinski definition) is 5. The fourth-order valence-electron chi connectivity index (χ4n) is 2.61. The van der Waals surface area contributed by atoms with Crippen molar-refractivity contribution in [3.63, 3.8) is 0 Å². The van der Waals surface area contributed by atoms with Gasteiger partial charge >= 0.3 is 0 Å². The Bertz CT molecular complexity index is 903. The monoisotopic (exact) mass is 365 g/mol. The molecule has 0 aliphatic carbocycles. The Kier molecular flexibility index (Phi) is 5.86. The van der Waals surface area contributed by atoms with Crippen molar-refractivity contribution in [2.75, 3.05) is 0 Å². The first-order valence-electron chi connectivity index (χ1n) is 8.96. The van der Waals surface area contributed by atoms with Gasteiger partial charge in [-0.1, -0.05) is 53.5 Å². The van der Waals surface area contributed by atoms with Gasteiger partial charge in [0.2, 0.25) is 11.7 Å². The maximum Gasteiger partial charge on any atom is 0.261 e. The molecule has 2 aromatic carbocycles. The second-order valence-electron chi connectivity index (χ2n) is 6.43. The van der Waals surface area contributed by atoms with E-state index in [1.54, 1.807) is 0 Å². The first-order valence-corrected chi connectivity index (χ1v) is 8.96. The highest BCUT2D eigenvalue weighted by Gasteiger charge is 2.19. The van der Waals surface area contributed by atoms with Gasteiger partial charge in [-0.15, -0.1) is 0 Å². The maximum atomic E-state index is 12.4. The molecule has 0 aliphatic rings. The van der Waals surface area contributed by atoms with Crippen molar-refractivity contribution >= 4 is 5.91 Å². The lowest BCUT2D eigenvalue weighted by molar-refractivity contribution is -0.128. The van der Waals surface area contributed by atoms with Crippen molar-refractivity contribution in [1.82, 2.24) is 15.5 Å². The number of nitrogens with one attached hydrogen (secondary N) is 1. The third-order valence-electron chi connectivity index (χ3n) is 4.12. The van der Waals surface area contributed by atoms with Gasteiger partial charge in [0.05, 0.1) is 6.54 Å². The van der Waals surface area contributed by atoms with Crippen LogP contribution >= 0.6 is 0 Å². The molecule has 27 heavy (non-hydrogen) atoms. The van der Waals surface area contributed by atoms with Gasteiger partial charge < -0.3 is 14.6 Å². The van der Waals surface area contributed by atoms with Gasteiger partial charge in [-0.2, -0.15) is 4.98 Å². The molecule has 140 valence electrons. The van der Waals surface area contributed by atoms with E-state index in [4.69, 9.17) is 9.26 Å². The van der Waals surface area contributed by atoms with E-state index in [2.05, 4.69) is 15.5 Å². The van der Waals surface area contributed by atoms with Crippen LogP contribution in [0.3, 0.4) is 0 Å². The van der Waals surface area contributed by atoms with Crippen molar-refractivity contribution in [3.05, 3.63) is 65.5 Å². The average molecular weight is 365 g/mol. The SMILES string of the molecule is CC[C@@H](Oc1ccc(C)cc1)C(=O)NCc1nc(-c2cccc(C)c2)no1. The minimum atomic E-state index is -0.577. The van der Waals surface area contributed by atoms with Crippen LogP contribution in [0.5, 0.6) is 5.75 Å². The molecule has 1 amide bonds. The zero-order valence-electron chi connectivity index (χ0n) is 15.7. The Morgan fingerprint density at radius 1 is 1.15 bits per heavy atom. The van der Waals surface area contributed by atoms with E-state index in [0.717, 1.165) is 16.7 Å². The fourth-order valence-corrected chi connectivity index (χ4v) is 2.61. The molecule has 0 saturated heterocycles. The highest BCUT2D eigenvalue weighted by Crippen LogP contribution is 2.17. The van der Waals surface area contributed by atoms with Crippen LogP contribution in [0, 0.1) is 13.8 Å². The van der Waals surface area contributed by atoms with Crippen LogP contribution in [0.1, 0.15) is 30.4 Å². The molecule has 6 heteroatoms. The summed E-state index contributed by atoms with van der Waals surface area (Å²) in [5, 5.41) is 6.78. The number of aryl methyl sites for hydroxylation is 2. The Hall–Kier alpha value is -3.15. The lowest BCUT2D eigenvalue weighted by Crippen LogP contribution is -2.37. The van der Waals surface area contributed by atoms with E-state index in [1.807, 2.05) is 69.3 Å². The Labute approximate surface area is 158 Å². The topological polar surface area (TPSA) is 77.2 Å². The minimum Gasteiger partial charge on any atom is -0.481 e. The number of nitrogens with zero attached hydrogens (tertiary/aromatic N) is 2. The average Bonchev–Trinajstić information content (AvgIpc) is 3.15. The molecule has 0 unspecified atom stereocenters. The predicted octanol–water partition coefficient (Wildman–Crippen LogP) is 3.83. The van der Waals surface area contributed by atoms with Crippen LogP contribution in [0.15, 0.2) is 53.1 Å². The fraction of sp³-hybridized carbons (Fsp3) is 0.286. The van der Waals surface area contributed by atoms with Gasteiger partial charge in [0, 0.05) is 5.56 Å². The van der Waals surface area contributed by atoms with E-state index < -0.39 is 6.10 Å². The third-order valence-corrected chi connectivity index (χ3v) is 4.12. The van der Waals surface area contributed by atoms with Crippen molar-refractivity contribution in [1.29, 1.82) is 0 Å². The summed E-state index contributed by atoms with van der Waals surface area (Å²) in [4.78, 5) is 16.8. The Morgan fingerprint density at radius 3 is 2.63 bits per heavy atom. The summed E-state index contributed by atoms with van der Waals surface area (Å²) in [7, 11) is 0. The van der Waals surface area contributed by atoms with Crippen LogP contribution in [0.2, 0.25) is 0 Å². The third kappa shape index (κ3) is 4.94. The number of benzene rings is 2. The van der Waals surface area contributed by atoms with Gasteiger partial charge in [-0.3, -0.25) is 4.79 Å². The summed E-state index contributed by atoms with van der Waals surface area (Å²) in [5.41, 5.74) is 3.14. The van der Waals surface area contributed by atoms with E-state index >= 15 is 0 Å². The molecule has 1 atom stereocenters. The largest absolute Gasteiger partial charge is 0.481 e. The molecule has 0 radical (unpaired) electrons. The standard InChI is InChI=1S/C21H23N3O3/c1-4-18(26-17-10-8-14(2)9-11-17)21(25)22-13-19-23-20(24-27-19)16-7-5-6-15(3)12-16/h5-12,18H,4,13H2,1-3H3,(H,22,25)/t18-/m1/s1. The van der Waals surface area contributed by atoms with E-state index in [9.17, 15) is 4.79 Å². The van der Waals surface area contributed by atoms with Crippen LogP contribution < -0.4 is 10.1 Å². The van der Waals surface area contributed by atoms with Crippen molar-refractivity contribution < 1.29 is 14.1 Å². The lowest BCUT2D eigenvalue weighted by atomic mass is 10.1. The van der Waals surface area contributed by atoms with Crippen molar-refractivity contribution in [2.45, 2.75) is 39.8 Å². The van der Waals surface area contributed by atoms with Gasteiger partial charge in [-0.05, 0) is 38.5 Å². The molecular formula is C21H23N3O3. The Balaban J connectivity index is 1.58. The van der Waals surface area contributed by atoms with Gasteiger partial charge in [0.15, 0.2) is 6.10 Å². The van der Waals surface area contributed by atoms with Crippen LogP contribution in [-0.4, -0.2) is 22.2 Å². The molecule has 1 N–H and O–H groups in total. The lowest BCUT2D eigenvalue weighted by Gasteiger charge is -2.16. The zero-order valence-corrected chi connectivity index (χ0v) is 15.7. The molecule has 0 spiro atoms. The highest BCUT2D eigenvalue weighted by molar-refractivity contribution is 5.81. The molecule has 3 aromatic rings. The summed E-state index contributed by atoms with van der Waals surface area (Å²) >= 11 is 0. The van der Waals surface area contributed by atoms with Crippen LogP contribution in [0.25, 0.3) is 11.4 Å². The summed E-state index contributed by atoms with van der Waals surface area (Å²) in [5.74, 6) is 1.31. The molecule has 6 nitrogen and oxygen atoms in total. The molecular weight excluding hydrogens is 342 g/mol. The van der Waals surface area contributed by atoms with E-state index in [0.29, 0.717) is 23.9 Å². The zero-order chi connectivity index (χ0) is 19.2. The highest BCUT2D eigenvalue weighted by atomic mass is 16.5. The molecule has 1 heterocycles. The summed E-state index contributed by atoms with van der Waals surface area (Å²) in [6, 6.07) is 15.5. The molecule has 3 rings (SSSR count). The van der Waals surface area contributed by atoms with Crippen molar-refractivity contribution in [2.24, 2.45) is 0 Å². The molecule has 0 bridgehead atoms. The Morgan fingerprint density at radius 2 is 1.93 bits per heavy atom. The predicted molar refractivity (Wildman–Crippen MR) is 102 cm³/mol. The van der Waals surface area contributed by atoms with Crippen LogP contribution in [-0.2, 0) is 11.3 Å². The molecule has 0 aliphatic heterocycles. The second kappa shape index (κ2) is 8.49. The summed E-state index contributed by atoms with van der Waals surface area (Å²) in [6.07, 6.45) is -0.0233. The summed E-state index contributed by atoms with van der Waals surface area (Å²) in [6.45, 7) is 6.07. The van der Waals surface area contributed by atoms with Gasteiger partial charge in [0.25, 0.3) is 5.91 Å². The number of carbonyl (C=O) groups excluding carboxylic acids is 1. The number of carbonyl (C=O) groups is 1. The number of ether oxygens (including phenoxy) is 1. The number of amides is 1. The normalized spacial score (nSPS) is 11.8. The summed E-state index contributed by atoms with van der Waals surface area (Å²) < 4.78 is 11.0. The molecule has 0 saturated carbocycles. The first-order chi connectivity index (χ1) is 13.0. The van der Waals surface area contributed by atoms with E-state index in [-0.39, 0.29) is 12.5 Å². The maximum absolute atomic E-state index is 12.4.